The quantitative estimate of drug-likeness (QED) is 0.800. The minimum atomic E-state index is -0.362. The molecule has 0 aliphatic carbocycles. The smallest absolute Gasteiger partial charge is 0.279 e. The van der Waals surface area contributed by atoms with Crippen LogP contribution in [0.25, 0.3) is 0 Å². The van der Waals surface area contributed by atoms with E-state index in [1.807, 2.05) is 0 Å². The van der Waals surface area contributed by atoms with Crippen molar-refractivity contribution in [3.63, 3.8) is 0 Å². The van der Waals surface area contributed by atoms with Gasteiger partial charge in [-0.05, 0) is 24.6 Å². The van der Waals surface area contributed by atoms with Crippen molar-refractivity contribution >= 4 is 22.4 Å². The van der Waals surface area contributed by atoms with Crippen LogP contribution < -0.4 is 5.32 Å². The number of hydrogen-bond acceptors (Lipinski definition) is 5. The summed E-state index contributed by atoms with van der Waals surface area (Å²) in [5, 5.41) is 6.81. The molecule has 3 aromatic rings. The number of carbonyl (C=O) groups excluding carboxylic acids is 1. The van der Waals surface area contributed by atoms with E-state index in [1.54, 1.807) is 31.3 Å². The van der Waals surface area contributed by atoms with Gasteiger partial charge in [0.1, 0.15) is 11.6 Å². The Balaban J connectivity index is 1.66. The van der Waals surface area contributed by atoms with E-state index >= 15 is 0 Å². The lowest BCUT2D eigenvalue weighted by Crippen LogP contribution is -2.11. The highest BCUT2D eigenvalue weighted by atomic mass is 32.1. The topological polar surface area (TPSA) is 68.0 Å². The van der Waals surface area contributed by atoms with Crippen molar-refractivity contribution in [3.8, 4) is 0 Å². The molecule has 112 valence electrons. The van der Waals surface area contributed by atoms with Crippen LogP contribution in [0.1, 0.15) is 26.7 Å². The summed E-state index contributed by atoms with van der Waals surface area (Å²) < 4.78 is 17.7. The Morgan fingerprint density at radius 1 is 1.36 bits per heavy atom. The van der Waals surface area contributed by atoms with Crippen LogP contribution in [0.2, 0.25) is 0 Å². The van der Waals surface area contributed by atoms with Gasteiger partial charge in [-0.1, -0.05) is 17.3 Å². The molecule has 1 aromatic carbocycles. The van der Waals surface area contributed by atoms with E-state index in [1.165, 1.54) is 23.5 Å². The molecule has 1 amide bonds. The van der Waals surface area contributed by atoms with Crippen LogP contribution >= 0.6 is 11.3 Å². The van der Waals surface area contributed by atoms with Gasteiger partial charge >= 0.3 is 0 Å². The van der Waals surface area contributed by atoms with Gasteiger partial charge in [-0.2, -0.15) is 0 Å². The number of rotatable bonds is 4. The first-order valence-electron chi connectivity index (χ1n) is 6.54. The molecule has 7 heteroatoms. The summed E-state index contributed by atoms with van der Waals surface area (Å²) in [6, 6.07) is 7.86. The van der Waals surface area contributed by atoms with E-state index in [-0.39, 0.29) is 17.4 Å². The average molecular weight is 317 g/mol. The maximum absolute atomic E-state index is 12.9. The highest BCUT2D eigenvalue weighted by Crippen LogP contribution is 2.22. The number of benzene rings is 1. The second-order valence-electron chi connectivity index (χ2n) is 4.71. The number of anilines is 1. The largest absolute Gasteiger partial charge is 0.361 e. The second kappa shape index (κ2) is 6.07. The van der Waals surface area contributed by atoms with Gasteiger partial charge in [-0.25, -0.2) is 9.37 Å². The van der Waals surface area contributed by atoms with Crippen LogP contribution in [0.15, 0.2) is 41.1 Å². The number of halogens is 1. The van der Waals surface area contributed by atoms with E-state index in [0.29, 0.717) is 17.3 Å². The molecule has 0 spiro atoms. The summed E-state index contributed by atoms with van der Waals surface area (Å²) in [6.45, 7) is 1.72. The van der Waals surface area contributed by atoms with Crippen molar-refractivity contribution in [1.29, 1.82) is 0 Å². The molecule has 2 heterocycles. The second-order valence-corrected chi connectivity index (χ2v) is 5.83. The Bertz CT molecular complexity index is 795. The third kappa shape index (κ3) is 3.37. The Hall–Kier alpha value is -2.54. The predicted molar refractivity (Wildman–Crippen MR) is 80.5 cm³/mol. The van der Waals surface area contributed by atoms with Crippen molar-refractivity contribution in [2.24, 2.45) is 0 Å². The lowest BCUT2D eigenvalue weighted by atomic mass is 10.1. The normalized spacial score (nSPS) is 10.6. The minimum Gasteiger partial charge on any atom is -0.361 e. The molecule has 1 N–H and O–H groups in total. The molecular formula is C15H12FN3O2S. The fraction of sp³-hybridized carbons (Fsp3) is 0.133. The van der Waals surface area contributed by atoms with Gasteiger partial charge in [0.25, 0.3) is 5.91 Å². The summed E-state index contributed by atoms with van der Waals surface area (Å²) in [7, 11) is 0. The Labute approximate surface area is 129 Å². The SMILES string of the molecule is Cc1cc(C(=O)Nc2ncc(Cc3ccc(F)cc3)s2)no1. The van der Waals surface area contributed by atoms with E-state index in [0.717, 1.165) is 10.4 Å². The molecule has 0 bridgehead atoms. The van der Waals surface area contributed by atoms with Crippen molar-refractivity contribution in [2.45, 2.75) is 13.3 Å². The summed E-state index contributed by atoms with van der Waals surface area (Å²) in [4.78, 5) is 17.1. The van der Waals surface area contributed by atoms with Gasteiger partial charge in [0.05, 0.1) is 0 Å². The lowest BCUT2D eigenvalue weighted by Gasteiger charge is -1.98. The first-order valence-corrected chi connectivity index (χ1v) is 7.35. The zero-order valence-electron chi connectivity index (χ0n) is 11.7. The maximum atomic E-state index is 12.9. The summed E-state index contributed by atoms with van der Waals surface area (Å²) >= 11 is 1.37. The zero-order valence-corrected chi connectivity index (χ0v) is 12.5. The van der Waals surface area contributed by atoms with Gasteiger partial charge in [-0.15, -0.1) is 11.3 Å². The van der Waals surface area contributed by atoms with Gasteiger partial charge in [0.2, 0.25) is 0 Å². The van der Waals surface area contributed by atoms with Gasteiger partial charge in [-0.3, -0.25) is 10.1 Å². The molecule has 0 aliphatic heterocycles. The molecule has 0 atom stereocenters. The fourth-order valence-corrected chi connectivity index (χ4v) is 2.73. The van der Waals surface area contributed by atoms with Crippen molar-refractivity contribution in [2.75, 3.05) is 5.32 Å². The first-order chi connectivity index (χ1) is 10.6. The monoisotopic (exact) mass is 317 g/mol. The van der Waals surface area contributed by atoms with Crippen LogP contribution in [0.5, 0.6) is 0 Å². The summed E-state index contributed by atoms with van der Waals surface area (Å²) in [5.74, 6) is -0.0512. The third-order valence-corrected chi connectivity index (χ3v) is 3.84. The van der Waals surface area contributed by atoms with Crippen LogP contribution in [-0.4, -0.2) is 16.0 Å². The molecule has 3 rings (SSSR count). The van der Waals surface area contributed by atoms with Crippen LogP contribution in [0.3, 0.4) is 0 Å². The Morgan fingerprint density at radius 2 is 2.14 bits per heavy atom. The van der Waals surface area contributed by atoms with E-state index < -0.39 is 0 Å². The molecule has 0 fully saturated rings. The van der Waals surface area contributed by atoms with E-state index in [2.05, 4.69) is 15.5 Å². The summed E-state index contributed by atoms with van der Waals surface area (Å²) in [6.07, 6.45) is 2.33. The van der Waals surface area contributed by atoms with Gasteiger partial charge < -0.3 is 4.52 Å². The number of aromatic nitrogens is 2. The number of thiazole rings is 1. The Morgan fingerprint density at radius 3 is 2.82 bits per heavy atom. The highest BCUT2D eigenvalue weighted by molar-refractivity contribution is 7.15. The number of amides is 1. The number of nitrogens with zero attached hydrogens (tertiary/aromatic N) is 2. The van der Waals surface area contributed by atoms with Gasteiger partial charge in [0.15, 0.2) is 10.8 Å². The van der Waals surface area contributed by atoms with E-state index in [4.69, 9.17) is 4.52 Å². The molecule has 0 saturated heterocycles. The average Bonchev–Trinajstić information content (AvgIpc) is 3.11. The number of carbonyl (C=O) groups is 1. The molecule has 2 aromatic heterocycles. The third-order valence-electron chi connectivity index (χ3n) is 2.93. The standard InChI is InChI=1S/C15H12FN3O2S/c1-9-6-13(19-21-9)14(20)18-15-17-8-12(22-15)7-10-2-4-11(16)5-3-10/h2-6,8H,7H2,1H3,(H,17,18,20). The first kappa shape index (κ1) is 14.4. The lowest BCUT2D eigenvalue weighted by molar-refractivity contribution is 0.101. The molecule has 0 saturated carbocycles. The predicted octanol–water partition coefficient (Wildman–Crippen LogP) is 3.42. The zero-order chi connectivity index (χ0) is 15.5. The molecule has 0 unspecified atom stereocenters. The van der Waals surface area contributed by atoms with Crippen LogP contribution in [0.4, 0.5) is 9.52 Å². The van der Waals surface area contributed by atoms with Crippen LogP contribution in [-0.2, 0) is 6.42 Å². The summed E-state index contributed by atoms with van der Waals surface area (Å²) in [5.41, 5.74) is 1.20. The van der Waals surface area contributed by atoms with Gasteiger partial charge in [0, 0.05) is 23.6 Å². The van der Waals surface area contributed by atoms with Crippen molar-refractivity contribution < 1.29 is 13.7 Å². The molecule has 0 radical (unpaired) electrons. The van der Waals surface area contributed by atoms with Crippen LogP contribution in [0, 0.1) is 12.7 Å². The van der Waals surface area contributed by atoms with Crippen molar-refractivity contribution in [1.82, 2.24) is 10.1 Å². The van der Waals surface area contributed by atoms with E-state index in [9.17, 15) is 9.18 Å². The molecule has 0 aliphatic rings. The van der Waals surface area contributed by atoms with Crippen molar-refractivity contribution in [3.05, 3.63) is 64.2 Å². The molecular weight excluding hydrogens is 305 g/mol. The highest BCUT2D eigenvalue weighted by Gasteiger charge is 2.13. The Kier molecular flexibility index (Phi) is 3.97. The number of hydrogen-bond donors (Lipinski definition) is 1. The molecule has 22 heavy (non-hydrogen) atoms. The molecule has 5 nitrogen and oxygen atoms in total. The number of aryl methyl sites for hydroxylation is 1. The minimum absolute atomic E-state index is 0.216. The number of nitrogens with one attached hydrogen (secondary N) is 1. The fourth-order valence-electron chi connectivity index (χ4n) is 1.89. The maximum Gasteiger partial charge on any atom is 0.279 e.